The van der Waals surface area contributed by atoms with Crippen LogP contribution < -0.4 is 11.1 Å². The Bertz CT molecular complexity index is 365. The van der Waals surface area contributed by atoms with Gasteiger partial charge >= 0.3 is 12.1 Å². The van der Waals surface area contributed by atoms with Crippen LogP contribution >= 0.6 is 0 Å². The lowest BCUT2D eigenvalue weighted by molar-refractivity contribution is -0.165. The van der Waals surface area contributed by atoms with E-state index in [9.17, 15) is 27.6 Å². The number of carbonyl (C=O) groups excluding carboxylic acids is 2. The molecule has 0 aromatic rings. The first-order chi connectivity index (χ1) is 8.14. The maximum Gasteiger partial charge on any atom is 0.454 e. The summed E-state index contributed by atoms with van der Waals surface area (Å²) >= 11 is 0. The molecule has 0 rings (SSSR count). The van der Waals surface area contributed by atoms with Crippen molar-refractivity contribution in [2.45, 2.75) is 25.1 Å². The summed E-state index contributed by atoms with van der Waals surface area (Å²) in [5.41, 5.74) is 4.79. The standard InChI is InChI=1S/C9H11F3N2O4/c10-9(11,12)6(15)3-4-14-5(8(17)18)1-2-7(13)16/h3-5,14H,1-2H2,(H2,13,16)(H,17,18)/b4-3-. The molecule has 0 spiro atoms. The molecular formula is C9H11F3N2O4. The Balaban J connectivity index is 4.36. The first-order valence-electron chi connectivity index (χ1n) is 4.69. The van der Waals surface area contributed by atoms with Crippen molar-refractivity contribution >= 4 is 17.7 Å². The highest BCUT2D eigenvalue weighted by Gasteiger charge is 2.36. The first-order valence-corrected chi connectivity index (χ1v) is 4.69. The van der Waals surface area contributed by atoms with E-state index in [0.29, 0.717) is 6.20 Å². The van der Waals surface area contributed by atoms with Crippen molar-refractivity contribution in [2.75, 3.05) is 0 Å². The van der Waals surface area contributed by atoms with Crippen LogP contribution in [0.2, 0.25) is 0 Å². The normalized spacial score (nSPS) is 13.3. The lowest BCUT2D eigenvalue weighted by Gasteiger charge is -2.11. The topological polar surface area (TPSA) is 109 Å². The number of amides is 1. The van der Waals surface area contributed by atoms with Gasteiger partial charge in [-0.05, 0) is 6.42 Å². The van der Waals surface area contributed by atoms with Gasteiger partial charge in [0.1, 0.15) is 6.04 Å². The quantitative estimate of drug-likeness (QED) is 0.560. The number of hydrogen-bond donors (Lipinski definition) is 3. The Morgan fingerprint density at radius 3 is 2.28 bits per heavy atom. The van der Waals surface area contributed by atoms with Crippen molar-refractivity contribution in [1.82, 2.24) is 5.32 Å². The molecule has 1 unspecified atom stereocenters. The van der Waals surface area contributed by atoms with Crippen LogP contribution in [-0.4, -0.2) is 35.0 Å². The molecule has 0 saturated heterocycles. The van der Waals surface area contributed by atoms with Crippen molar-refractivity contribution < 1.29 is 32.7 Å². The number of carboxylic acids is 1. The summed E-state index contributed by atoms with van der Waals surface area (Å²) in [4.78, 5) is 31.5. The molecule has 0 aliphatic rings. The molecule has 0 aromatic carbocycles. The Kier molecular flexibility index (Phi) is 5.86. The first kappa shape index (κ1) is 15.9. The minimum atomic E-state index is -5.01. The number of halogens is 3. The summed E-state index contributed by atoms with van der Waals surface area (Å²) in [6.45, 7) is 0. The molecule has 0 fully saturated rings. The van der Waals surface area contributed by atoms with Gasteiger partial charge in [0.2, 0.25) is 5.91 Å². The van der Waals surface area contributed by atoms with Crippen molar-refractivity contribution in [2.24, 2.45) is 5.73 Å². The van der Waals surface area contributed by atoms with E-state index < -0.39 is 29.9 Å². The number of allylic oxidation sites excluding steroid dienone is 1. The van der Waals surface area contributed by atoms with E-state index in [-0.39, 0.29) is 18.9 Å². The van der Waals surface area contributed by atoms with Crippen LogP contribution in [0.15, 0.2) is 12.3 Å². The third kappa shape index (κ3) is 6.51. The average molecular weight is 268 g/mol. The lowest BCUT2D eigenvalue weighted by Crippen LogP contribution is -2.34. The minimum Gasteiger partial charge on any atom is -0.480 e. The van der Waals surface area contributed by atoms with E-state index in [1.165, 1.54) is 0 Å². The zero-order chi connectivity index (χ0) is 14.3. The van der Waals surface area contributed by atoms with Gasteiger partial charge in [0.05, 0.1) is 0 Å². The smallest absolute Gasteiger partial charge is 0.454 e. The molecule has 9 heteroatoms. The Morgan fingerprint density at radius 1 is 1.33 bits per heavy atom. The van der Waals surface area contributed by atoms with Gasteiger partial charge in [0, 0.05) is 18.7 Å². The minimum absolute atomic E-state index is 0.167. The molecule has 0 aliphatic heterocycles. The zero-order valence-electron chi connectivity index (χ0n) is 9.03. The summed E-state index contributed by atoms with van der Waals surface area (Å²) in [6, 6.07) is -1.30. The van der Waals surface area contributed by atoms with Crippen LogP contribution in [0.25, 0.3) is 0 Å². The second-order valence-corrected chi connectivity index (χ2v) is 3.26. The van der Waals surface area contributed by atoms with Crippen molar-refractivity contribution in [1.29, 1.82) is 0 Å². The summed E-state index contributed by atoms with van der Waals surface area (Å²) in [7, 11) is 0. The van der Waals surface area contributed by atoms with Crippen LogP contribution in [-0.2, 0) is 14.4 Å². The predicted octanol–water partition coefficient (Wildman–Crippen LogP) is -0.0602. The number of primary amides is 1. The lowest BCUT2D eigenvalue weighted by atomic mass is 10.1. The molecular weight excluding hydrogens is 257 g/mol. The number of carbonyl (C=O) groups is 3. The summed E-state index contributed by atoms with van der Waals surface area (Å²) < 4.78 is 35.3. The van der Waals surface area contributed by atoms with Gasteiger partial charge < -0.3 is 16.2 Å². The van der Waals surface area contributed by atoms with Crippen molar-refractivity contribution in [3.63, 3.8) is 0 Å². The average Bonchev–Trinajstić information content (AvgIpc) is 2.20. The molecule has 0 heterocycles. The number of nitrogens with one attached hydrogen (secondary N) is 1. The molecule has 1 amide bonds. The Hall–Kier alpha value is -2.06. The predicted molar refractivity (Wildman–Crippen MR) is 53.2 cm³/mol. The fourth-order valence-corrected chi connectivity index (χ4v) is 0.899. The number of aliphatic carboxylic acids is 1. The number of carboxylic acid groups (broad SMARTS) is 1. The van der Waals surface area contributed by atoms with Crippen LogP contribution in [0.5, 0.6) is 0 Å². The molecule has 18 heavy (non-hydrogen) atoms. The van der Waals surface area contributed by atoms with Gasteiger partial charge in [-0.3, -0.25) is 9.59 Å². The third-order valence-corrected chi connectivity index (χ3v) is 1.79. The highest BCUT2D eigenvalue weighted by atomic mass is 19.4. The number of hydrogen-bond acceptors (Lipinski definition) is 4. The zero-order valence-corrected chi connectivity index (χ0v) is 9.03. The van der Waals surface area contributed by atoms with E-state index in [1.54, 1.807) is 0 Å². The van der Waals surface area contributed by atoms with E-state index in [0.717, 1.165) is 0 Å². The van der Waals surface area contributed by atoms with Crippen molar-refractivity contribution in [3.05, 3.63) is 12.3 Å². The molecule has 0 aliphatic carbocycles. The summed E-state index contributed by atoms with van der Waals surface area (Å²) in [6.07, 6.45) is -4.71. The molecule has 0 bridgehead atoms. The van der Waals surface area contributed by atoms with E-state index in [2.05, 4.69) is 5.32 Å². The number of nitrogens with two attached hydrogens (primary N) is 1. The maximum absolute atomic E-state index is 11.8. The van der Waals surface area contributed by atoms with Crippen LogP contribution in [0.3, 0.4) is 0 Å². The molecule has 6 nitrogen and oxygen atoms in total. The molecule has 0 saturated carbocycles. The van der Waals surface area contributed by atoms with Gasteiger partial charge in [-0.25, -0.2) is 4.79 Å². The number of ketones is 1. The largest absolute Gasteiger partial charge is 0.480 e. The fraction of sp³-hybridized carbons (Fsp3) is 0.444. The second kappa shape index (κ2) is 6.62. The second-order valence-electron chi connectivity index (χ2n) is 3.26. The van der Waals surface area contributed by atoms with Crippen LogP contribution in [0.4, 0.5) is 13.2 Å². The van der Waals surface area contributed by atoms with Crippen LogP contribution in [0.1, 0.15) is 12.8 Å². The fourth-order valence-electron chi connectivity index (χ4n) is 0.899. The van der Waals surface area contributed by atoms with E-state index in [4.69, 9.17) is 10.8 Å². The number of alkyl halides is 3. The molecule has 102 valence electrons. The van der Waals surface area contributed by atoms with Crippen molar-refractivity contribution in [3.8, 4) is 0 Å². The Labute approximate surface area is 99.6 Å². The molecule has 4 N–H and O–H groups in total. The third-order valence-electron chi connectivity index (χ3n) is 1.79. The van der Waals surface area contributed by atoms with E-state index >= 15 is 0 Å². The van der Waals surface area contributed by atoms with Gasteiger partial charge in [0.25, 0.3) is 5.78 Å². The van der Waals surface area contributed by atoms with E-state index in [1.807, 2.05) is 0 Å². The van der Waals surface area contributed by atoms with Crippen LogP contribution in [0, 0.1) is 0 Å². The molecule has 0 aromatic heterocycles. The molecule has 0 radical (unpaired) electrons. The molecule has 1 atom stereocenters. The highest BCUT2D eigenvalue weighted by molar-refractivity contribution is 5.94. The summed E-state index contributed by atoms with van der Waals surface area (Å²) in [5.74, 6) is -4.23. The summed E-state index contributed by atoms with van der Waals surface area (Å²) in [5, 5.41) is 10.7. The highest BCUT2D eigenvalue weighted by Crippen LogP contribution is 2.16. The van der Waals surface area contributed by atoms with Gasteiger partial charge in [-0.15, -0.1) is 0 Å². The number of rotatable bonds is 7. The monoisotopic (exact) mass is 268 g/mol. The van der Waals surface area contributed by atoms with Gasteiger partial charge in [-0.2, -0.15) is 13.2 Å². The Morgan fingerprint density at radius 2 is 1.89 bits per heavy atom. The SMILES string of the molecule is NC(=O)CCC(N/C=C\C(=O)C(F)(F)F)C(=O)O. The van der Waals surface area contributed by atoms with Gasteiger partial charge in [-0.1, -0.05) is 0 Å². The van der Waals surface area contributed by atoms with Gasteiger partial charge in [0.15, 0.2) is 0 Å². The maximum atomic E-state index is 11.8.